The largest absolute Gasteiger partial charge is 0.505 e. The van der Waals surface area contributed by atoms with Crippen molar-refractivity contribution < 1.29 is 5.11 Å². The van der Waals surface area contributed by atoms with Crippen molar-refractivity contribution in [1.29, 1.82) is 0 Å². The summed E-state index contributed by atoms with van der Waals surface area (Å²) in [6, 6.07) is 5.86. The average molecular weight is 199 g/mol. The summed E-state index contributed by atoms with van der Waals surface area (Å²) in [5, 5.41) is 11.0. The third-order valence-corrected chi connectivity index (χ3v) is 2.55. The van der Waals surface area contributed by atoms with Crippen LogP contribution in [-0.4, -0.2) is 10.1 Å². The predicted octanol–water partition coefficient (Wildman–Crippen LogP) is 2.98. The average Bonchev–Trinajstić information content (AvgIpc) is 2.23. The molecular formula is C13H13NO. The number of pyridine rings is 1. The first-order chi connectivity index (χ1) is 7.24. The molecule has 0 aliphatic heterocycles. The molecule has 0 amide bonds. The van der Waals surface area contributed by atoms with E-state index >= 15 is 0 Å². The highest BCUT2D eigenvalue weighted by Crippen LogP contribution is 2.28. The van der Waals surface area contributed by atoms with Gasteiger partial charge in [0.15, 0.2) is 0 Å². The van der Waals surface area contributed by atoms with Crippen LogP contribution in [0, 0.1) is 6.92 Å². The molecule has 1 aromatic carbocycles. The maximum absolute atomic E-state index is 9.99. The van der Waals surface area contributed by atoms with Crippen LogP contribution in [-0.2, 0) is 6.42 Å². The molecule has 0 aliphatic carbocycles. The molecule has 2 aromatic rings. The normalized spacial score (nSPS) is 10.5. The topological polar surface area (TPSA) is 33.1 Å². The highest BCUT2D eigenvalue weighted by molar-refractivity contribution is 5.88. The number of allylic oxidation sites excluding steroid dienone is 1. The van der Waals surface area contributed by atoms with E-state index in [4.69, 9.17) is 0 Å². The van der Waals surface area contributed by atoms with E-state index in [0.717, 1.165) is 16.5 Å². The Morgan fingerprint density at radius 2 is 2.20 bits per heavy atom. The summed E-state index contributed by atoms with van der Waals surface area (Å²) in [6.45, 7) is 5.67. The molecule has 0 bridgehead atoms. The van der Waals surface area contributed by atoms with Gasteiger partial charge in [0.2, 0.25) is 0 Å². The molecule has 0 atom stereocenters. The number of benzene rings is 1. The first kappa shape index (κ1) is 9.71. The zero-order valence-electron chi connectivity index (χ0n) is 8.70. The second-order valence-electron chi connectivity index (χ2n) is 3.59. The monoisotopic (exact) mass is 199 g/mol. The fourth-order valence-electron chi connectivity index (χ4n) is 1.70. The van der Waals surface area contributed by atoms with Crippen molar-refractivity contribution in [3.8, 4) is 5.75 Å². The van der Waals surface area contributed by atoms with Crippen molar-refractivity contribution in [2.24, 2.45) is 0 Å². The quantitative estimate of drug-likeness (QED) is 0.754. The molecule has 0 saturated carbocycles. The Labute approximate surface area is 88.9 Å². The number of fused-ring (bicyclic) bond motifs is 1. The van der Waals surface area contributed by atoms with Gasteiger partial charge in [0.1, 0.15) is 11.3 Å². The van der Waals surface area contributed by atoms with E-state index in [1.54, 1.807) is 12.3 Å². The van der Waals surface area contributed by atoms with Gasteiger partial charge in [0.25, 0.3) is 0 Å². The Balaban J connectivity index is 2.73. The number of aromatic nitrogens is 1. The molecule has 1 heterocycles. The van der Waals surface area contributed by atoms with E-state index in [-0.39, 0.29) is 5.75 Å². The van der Waals surface area contributed by atoms with Gasteiger partial charge in [0, 0.05) is 11.6 Å². The lowest BCUT2D eigenvalue weighted by Crippen LogP contribution is -1.88. The van der Waals surface area contributed by atoms with Crippen molar-refractivity contribution in [2.75, 3.05) is 0 Å². The molecule has 0 saturated heterocycles. The van der Waals surface area contributed by atoms with Gasteiger partial charge in [0.05, 0.1) is 0 Å². The minimum absolute atomic E-state index is 0.274. The SMILES string of the molecule is C=CCc1ccc2c(C)ccnc2c1O. The van der Waals surface area contributed by atoms with Gasteiger partial charge in [-0.1, -0.05) is 18.2 Å². The molecule has 2 heteroatoms. The summed E-state index contributed by atoms with van der Waals surface area (Å²) >= 11 is 0. The first-order valence-electron chi connectivity index (χ1n) is 4.91. The van der Waals surface area contributed by atoms with E-state index in [9.17, 15) is 5.11 Å². The molecule has 76 valence electrons. The fraction of sp³-hybridized carbons (Fsp3) is 0.154. The predicted molar refractivity (Wildman–Crippen MR) is 62.0 cm³/mol. The van der Waals surface area contributed by atoms with Crippen LogP contribution in [0.3, 0.4) is 0 Å². The van der Waals surface area contributed by atoms with Gasteiger partial charge < -0.3 is 5.11 Å². The Kier molecular flexibility index (Phi) is 2.42. The first-order valence-corrected chi connectivity index (χ1v) is 4.91. The number of aryl methyl sites for hydroxylation is 1. The number of hydrogen-bond donors (Lipinski definition) is 1. The van der Waals surface area contributed by atoms with Crippen LogP contribution in [0.4, 0.5) is 0 Å². The third-order valence-electron chi connectivity index (χ3n) is 2.55. The highest BCUT2D eigenvalue weighted by atomic mass is 16.3. The van der Waals surface area contributed by atoms with Gasteiger partial charge in [-0.25, -0.2) is 0 Å². The summed E-state index contributed by atoms with van der Waals surface area (Å²) in [6.07, 6.45) is 4.16. The van der Waals surface area contributed by atoms with Crippen molar-refractivity contribution in [1.82, 2.24) is 4.98 Å². The molecule has 1 N–H and O–H groups in total. The zero-order valence-corrected chi connectivity index (χ0v) is 8.70. The van der Waals surface area contributed by atoms with Crippen LogP contribution >= 0.6 is 0 Å². The number of rotatable bonds is 2. The molecule has 0 spiro atoms. The van der Waals surface area contributed by atoms with Crippen LogP contribution in [0.2, 0.25) is 0 Å². The molecule has 0 radical (unpaired) electrons. The van der Waals surface area contributed by atoms with Gasteiger partial charge >= 0.3 is 0 Å². The summed E-state index contributed by atoms with van der Waals surface area (Å²) in [5.41, 5.74) is 2.67. The van der Waals surface area contributed by atoms with E-state index in [1.165, 1.54) is 0 Å². The Hall–Kier alpha value is -1.83. The molecule has 2 rings (SSSR count). The second-order valence-corrected chi connectivity index (χ2v) is 3.59. The number of hydrogen-bond acceptors (Lipinski definition) is 2. The van der Waals surface area contributed by atoms with Gasteiger partial charge in [-0.2, -0.15) is 0 Å². The molecule has 0 unspecified atom stereocenters. The smallest absolute Gasteiger partial charge is 0.145 e. The maximum atomic E-state index is 9.99. The standard InChI is InChI=1S/C13H13NO/c1-3-4-10-5-6-11-9(2)7-8-14-12(11)13(10)15/h3,5-8,15H,1,4H2,2H3. The number of nitrogens with zero attached hydrogens (tertiary/aromatic N) is 1. The number of aromatic hydroxyl groups is 1. The lowest BCUT2D eigenvalue weighted by atomic mass is 10.0. The van der Waals surface area contributed by atoms with E-state index in [0.29, 0.717) is 11.9 Å². The molecule has 1 aromatic heterocycles. The zero-order chi connectivity index (χ0) is 10.8. The Morgan fingerprint density at radius 3 is 2.93 bits per heavy atom. The summed E-state index contributed by atoms with van der Waals surface area (Å²) < 4.78 is 0. The second kappa shape index (κ2) is 3.73. The third kappa shape index (κ3) is 1.59. The molecular weight excluding hydrogens is 186 g/mol. The lowest BCUT2D eigenvalue weighted by Gasteiger charge is -2.06. The number of phenolic OH excluding ortho intramolecular Hbond substituents is 1. The van der Waals surface area contributed by atoms with Gasteiger partial charge in [-0.3, -0.25) is 4.98 Å². The highest BCUT2D eigenvalue weighted by Gasteiger charge is 2.07. The van der Waals surface area contributed by atoms with Crippen molar-refractivity contribution in [3.63, 3.8) is 0 Å². The summed E-state index contributed by atoms with van der Waals surface area (Å²) in [7, 11) is 0. The molecule has 2 nitrogen and oxygen atoms in total. The summed E-state index contributed by atoms with van der Waals surface area (Å²) in [5.74, 6) is 0.274. The molecule has 0 fully saturated rings. The van der Waals surface area contributed by atoms with Crippen molar-refractivity contribution in [3.05, 3.63) is 48.2 Å². The Morgan fingerprint density at radius 1 is 1.40 bits per heavy atom. The molecule has 15 heavy (non-hydrogen) atoms. The van der Waals surface area contributed by atoms with Gasteiger partial charge in [-0.15, -0.1) is 6.58 Å². The van der Waals surface area contributed by atoms with E-state index < -0.39 is 0 Å². The number of phenols is 1. The van der Waals surface area contributed by atoms with E-state index in [2.05, 4.69) is 11.6 Å². The van der Waals surface area contributed by atoms with Crippen LogP contribution < -0.4 is 0 Å². The summed E-state index contributed by atoms with van der Waals surface area (Å²) in [4.78, 5) is 4.20. The van der Waals surface area contributed by atoms with Crippen molar-refractivity contribution >= 4 is 10.9 Å². The fourth-order valence-corrected chi connectivity index (χ4v) is 1.70. The maximum Gasteiger partial charge on any atom is 0.145 e. The van der Waals surface area contributed by atoms with Crippen LogP contribution in [0.25, 0.3) is 10.9 Å². The minimum atomic E-state index is 0.274. The van der Waals surface area contributed by atoms with Crippen LogP contribution in [0.15, 0.2) is 37.1 Å². The Bertz CT molecular complexity index is 517. The van der Waals surface area contributed by atoms with E-state index in [1.807, 2.05) is 25.1 Å². The lowest BCUT2D eigenvalue weighted by molar-refractivity contribution is 0.475. The van der Waals surface area contributed by atoms with Crippen molar-refractivity contribution in [2.45, 2.75) is 13.3 Å². The molecule has 0 aliphatic rings. The van der Waals surface area contributed by atoms with Gasteiger partial charge in [-0.05, 0) is 30.5 Å². The van der Waals surface area contributed by atoms with Crippen LogP contribution in [0.1, 0.15) is 11.1 Å². The minimum Gasteiger partial charge on any atom is -0.505 e. The van der Waals surface area contributed by atoms with Crippen LogP contribution in [0.5, 0.6) is 5.75 Å².